The maximum atomic E-state index is 12.1. The van der Waals surface area contributed by atoms with E-state index in [1.165, 1.54) is 12.3 Å². The molecular formula is C29H22N2O4. The molecular weight excluding hydrogens is 440 g/mol. The topological polar surface area (TPSA) is 79.7 Å². The van der Waals surface area contributed by atoms with Crippen LogP contribution >= 0.6 is 0 Å². The zero-order valence-corrected chi connectivity index (χ0v) is 19.0. The second kappa shape index (κ2) is 10.8. The maximum absolute atomic E-state index is 12.1. The summed E-state index contributed by atoms with van der Waals surface area (Å²) in [6.45, 7) is 0.361. The highest BCUT2D eigenvalue weighted by atomic mass is 16.5. The van der Waals surface area contributed by atoms with Crippen molar-refractivity contribution in [2.24, 2.45) is 0 Å². The Morgan fingerprint density at radius 3 is 2.54 bits per heavy atom. The Balaban J connectivity index is 1.61. The van der Waals surface area contributed by atoms with E-state index in [2.05, 4.69) is 16.8 Å². The number of carbonyl (C=O) groups excluding carboxylic acids is 1. The predicted octanol–water partition coefficient (Wildman–Crippen LogP) is 5.02. The molecule has 6 nitrogen and oxygen atoms in total. The highest BCUT2D eigenvalue weighted by Crippen LogP contribution is 2.30. The van der Waals surface area contributed by atoms with Crippen molar-refractivity contribution in [2.45, 2.75) is 6.54 Å². The SMILES string of the molecule is COc1ccccc1-c1cccc(CN(C=O)c2ccccc2C#Cc2ccc(C(=O)O)nc2)c1. The monoisotopic (exact) mass is 462 g/mol. The van der Waals surface area contributed by atoms with Gasteiger partial charge in [-0.2, -0.15) is 0 Å². The molecule has 4 aromatic rings. The van der Waals surface area contributed by atoms with E-state index in [9.17, 15) is 9.59 Å². The minimum Gasteiger partial charge on any atom is -0.496 e. The number of aromatic nitrogens is 1. The predicted molar refractivity (Wildman–Crippen MR) is 134 cm³/mol. The van der Waals surface area contributed by atoms with Gasteiger partial charge in [0.1, 0.15) is 11.4 Å². The second-order valence-electron chi connectivity index (χ2n) is 7.64. The quantitative estimate of drug-likeness (QED) is 0.308. The molecule has 0 unspecified atom stereocenters. The Bertz CT molecular complexity index is 1420. The van der Waals surface area contributed by atoms with Gasteiger partial charge in [-0.05, 0) is 47.5 Å². The Kier molecular flexibility index (Phi) is 7.19. The van der Waals surface area contributed by atoms with Crippen molar-refractivity contribution in [1.82, 2.24) is 4.98 Å². The zero-order valence-electron chi connectivity index (χ0n) is 19.0. The van der Waals surface area contributed by atoms with E-state index < -0.39 is 5.97 Å². The van der Waals surface area contributed by atoms with Crippen molar-refractivity contribution in [1.29, 1.82) is 0 Å². The fourth-order valence-corrected chi connectivity index (χ4v) is 3.66. The first-order valence-electron chi connectivity index (χ1n) is 10.8. The number of amides is 1. The van der Waals surface area contributed by atoms with Gasteiger partial charge in [0.25, 0.3) is 0 Å². The Morgan fingerprint density at radius 1 is 1.00 bits per heavy atom. The van der Waals surface area contributed by atoms with Crippen LogP contribution in [-0.2, 0) is 11.3 Å². The van der Waals surface area contributed by atoms with E-state index in [1.54, 1.807) is 18.1 Å². The largest absolute Gasteiger partial charge is 0.496 e. The third-order valence-electron chi connectivity index (χ3n) is 5.36. The number of carbonyl (C=O) groups is 2. The first kappa shape index (κ1) is 23.3. The van der Waals surface area contributed by atoms with Gasteiger partial charge in [0, 0.05) is 22.9 Å². The number of nitrogens with zero attached hydrogens (tertiary/aromatic N) is 2. The number of aromatic carboxylic acids is 1. The molecule has 0 aliphatic rings. The summed E-state index contributed by atoms with van der Waals surface area (Å²) in [5.41, 5.74) is 4.80. The molecule has 0 bridgehead atoms. The van der Waals surface area contributed by atoms with Gasteiger partial charge in [0.05, 0.1) is 19.3 Å². The molecule has 172 valence electrons. The Morgan fingerprint density at radius 2 is 1.80 bits per heavy atom. The van der Waals surface area contributed by atoms with Crippen LogP contribution in [0.5, 0.6) is 5.75 Å². The highest BCUT2D eigenvalue weighted by Gasteiger charge is 2.12. The number of benzene rings is 3. The van der Waals surface area contributed by atoms with E-state index in [1.807, 2.05) is 72.8 Å². The standard InChI is InChI=1S/C29H22N2O4/c1-35-28-12-5-3-10-25(28)24-9-6-7-22(17-24)19-31(20-32)27-11-4-2-8-23(27)15-13-21-14-16-26(29(33)34)30-18-21/h2-12,14,16-18,20H,19H2,1H3,(H,33,34). The average molecular weight is 463 g/mol. The number of hydrogen-bond donors (Lipinski definition) is 1. The van der Waals surface area contributed by atoms with Crippen LogP contribution in [0.3, 0.4) is 0 Å². The molecule has 1 N–H and O–H groups in total. The third-order valence-corrected chi connectivity index (χ3v) is 5.36. The lowest BCUT2D eigenvalue weighted by molar-refractivity contribution is -0.107. The van der Waals surface area contributed by atoms with Crippen LogP contribution < -0.4 is 9.64 Å². The molecule has 4 rings (SSSR count). The van der Waals surface area contributed by atoms with E-state index in [0.717, 1.165) is 28.8 Å². The number of carboxylic acids is 1. The van der Waals surface area contributed by atoms with Gasteiger partial charge in [0.15, 0.2) is 0 Å². The van der Waals surface area contributed by atoms with Crippen LogP contribution in [0.25, 0.3) is 11.1 Å². The average Bonchev–Trinajstić information content (AvgIpc) is 2.91. The molecule has 1 aromatic heterocycles. The van der Waals surface area contributed by atoms with E-state index >= 15 is 0 Å². The lowest BCUT2D eigenvalue weighted by Gasteiger charge is -2.20. The highest BCUT2D eigenvalue weighted by molar-refractivity contribution is 5.85. The van der Waals surface area contributed by atoms with Gasteiger partial charge in [-0.1, -0.05) is 60.4 Å². The van der Waals surface area contributed by atoms with E-state index in [4.69, 9.17) is 9.84 Å². The molecule has 6 heteroatoms. The first-order chi connectivity index (χ1) is 17.1. The molecule has 3 aromatic carbocycles. The molecule has 1 amide bonds. The Hall–Kier alpha value is -4.89. The Labute approximate surface area is 203 Å². The lowest BCUT2D eigenvalue weighted by atomic mass is 10.0. The van der Waals surface area contributed by atoms with Crippen LogP contribution in [-0.4, -0.2) is 29.6 Å². The summed E-state index contributed by atoms with van der Waals surface area (Å²) < 4.78 is 5.49. The van der Waals surface area contributed by atoms with Crippen molar-refractivity contribution in [3.05, 3.63) is 114 Å². The van der Waals surface area contributed by atoms with Crippen molar-refractivity contribution in [3.8, 4) is 28.7 Å². The molecule has 0 aliphatic heterocycles. The van der Waals surface area contributed by atoms with Gasteiger partial charge in [-0.25, -0.2) is 9.78 Å². The molecule has 0 fully saturated rings. The van der Waals surface area contributed by atoms with Crippen LogP contribution in [0.15, 0.2) is 91.1 Å². The minimum absolute atomic E-state index is 0.0431. The van der Waals surface area contributed by atoms with Gasteiger partial charge in [0.2, 0.25) is 6.41 Å². The minimum atomic E-state index is -1.09. The smallest absolute Gasteiger partial charge is 0.354 e. The number of anilines is 1. The van der Waals surface area contributed by atoms with Crippen molar-refractivity contribution in [2.75, 3.05) is 12.0 Å². The first-order valence-corrected chi connectivity index (χ1v) is 10.8. The van der Waals surface area contributed by atoms with Gasteiger partial charge in [-0.15, -0.1) is 0 Å². The summed E-state index contributed by atoms with van der Waals surface area (Å²) in [5.74, 6) is 5.76. The molecule has 0 saturated heterocycles. The zero-order chi connectivity index (χ0) is 24.6. The summed E-state index contributed by atoms with van der Waals surface area (Å²) >= 11 is 0. The van der Waals surface area contributed by atoms with Crippen LogP contribution in [0.2, 0.25) is 0 Å². The molecule has 0 radical (unpaired) electrons. The molecule has 0 atom stereocenters. The van der Waals surface area contributed by atoms with Crippen LogP contribution in [0.1, 0.15) is 27.2 Å². The number of pyridine rings is 1. The summed E-state index contributed by atoms with van der Waals surface area (Å²) in [6, 6.07) is 26.2. The van der Waals surface area contributed by atoms with Crippen molar-refractivity contribution < 1.29 is 19.4 Å². The van der Waals surface area contributed by atoms with E-state index in [0.29, 0.717) is 23.4 Å². The van der Waals surface area contributed by atoms with Gasteiger partial charge < -0.3 is 14.7 Å². The van der Waals surface area contributed by atoms with Crippen LogP contribution in [0.4, 0.5) is 5.69 Å². The number of methoxy groups -OCH3 is 1. The molecule has 0 saturated carbocycles. The summed E-state index contributed by atoms with van der Waals surface area (Å²) in [6.07, 6.45) is 2.21. The number of rotatable bonds is 7. The number of ether oxygens (including phenoxy) is 1. The summed E-state index contributed by atoms with van der Waals surface area (Å²) in [4.78, 5) is 28.6. The number of hydrogen-bond acceptors (Lipinski definition) is 4. The van der Waals surface area contributed by atoms with Gasteiger partial charge in [-0.3, -0.25) is 4.79 Å². The number of carboxylic acid groups (broad SMARTS) is 1. The lowest BCUT2D eigenvalue weighted by Crippen LogP contribution is -2.21. The summed E-state index contributed by atoms with van der Waals surface area (Å²) in [7, 11) is 1.64. The van der Waals surface area contributed by atoms with Crippen LogP contribution in [0, 0.1) is 11.8 Å². The normalized spacial score (nSPS) is 10.1. The van der Waals surface area contributed by atoms with Crippen molar-refractivity contribution in [3.63, 3.8) is 0 Å². The maximum Gasteiger partial charge on any atom is 0.354 e. The summed E-state index contributed by atoms with van der Waals surface area (Å²) in [5, 5.41) is 8.99. The molecule has 35 heavy (non-hydrogen) atoms. The van der Waals surface area contributed by atoms with E-state index in [-0.39, 0.29) is 5.69 Å². The fraction of sp³-hybridized carbons (Fsp3) is 0.0690. The molecule has 0 spiro atoms. The second-order valence-corrected chi connectivity index (χ2v) is 7.64. The van der Waals surface area contributed by atoms with Crippen molar-refractivity contribution >= 4 is 18.1 Å². The van der Waals surface area contributed by atoms with Gasteiger partial charge >= 0.3 is 5.97 Å². The molecule has 1 heterocycles. The third kappa shape index (κ3) is 5.55. The molecule has 0 aliphatic carbocycles. The number of para-hydroxylation sites is 2. The fourth-order valence-electron chi connectivity index (χ4n) is 3.66.